The molecule has 0 spiro atoms. The van der Waals surface area contributed by atoms with Gasteiger partial charge in [0.1, 0.15) is 4.21 Å². The molecule has 0 fully saturated rings. The summed E-state index contributed by atoms with van der Waals surface area (Å²) < 4.78 is 26.8. The molecule has 0 aliphatic carbocycles. The van der Waals surface area contributed by atoms with Gasteiger partial charge in [-0.15, -0.1) is 11.3 Å². The highest BCUT2D eigenvalue weighted by Gasteiger charge is 2.25. The molecular weight excluding hydrogens is 334 g/mol. The summed E-state index contributed by atoms with van der Waals surface area (Å²) >= 11 is 10.2. The zero-order valence-corrected chi connectivity index (χ0v) is 13.0. The third-order valence-electron chi connectivity index (χ3n) is 2.04. The Morgan fingerprint density at radius 1 is 1.50 bits per heavy atom. The second kappa shape index (κ2) is 5.82. The maximum atomic E-state index is 12.2. The lowest BCUT2D eigenvalue weighted by molar-refractivity contribution is 0.428. The molecule has 0 aliphatic heterocycles. The Labute approximate surface area is 114 Å². The first-order chi connectivity index (χ1) is 7.43. The second-order valence-corrected chi connectivity index (χ2v) is 8.13. The summed E-state index contributed by atoms with van der Waals surface area (Å²) in [4.78, 5) is 0. The molecule has 0 amide bonds. The van der Waals surface area contributed by atoms with E-state index in [1.54, 1.807) is 0 Å². The van der Waals surface area contributed by atoms with Gasteiger partial charge in [-0.2, -0.15) is 4.31 Å². The van der Waals surface area contributed by atoms with Gasteiger partial charge in [0.25, 0.3) is 10.0 Å². The van der Waals surface area contributed by atoms with E-state index in [9.17, 15) is 8.42 Å². The minimum Gasteiger partial charge on any atom is -0.206 e. The van der Waals surface area contributed by atoms with E-state index < -0.39 is 10.0 Å². The summed E-state index contributed by atoms with van der Waals surface area (Å²) in [6.45, 7) is 4.79. The molecule has 0 unspecified atom stereocenters. The molecule has 0 bridgehead atoms. The molecule has 1 rings (SSSR count). The smallest absolute Gasteiger partial charge is 0.206 e. The fraction of sp³-hybridized carbons (Fsp3) is 0.556. The summed E-state index contributed by atoms with van der Waals surface area (Å²) in [6.07, 6.45) is 0.799. The average Bonchev–Trinajstić information content (AvgIpc) is 2.56. The fourth-order valence-corrected chi connectivity index (χ4v) is 5.37. The van der Waals surface area contributed by atoms with Gasteiger partial charge in [-0.05, 0) is 28.4 Å². The number of sulfonamides is 1. The van der Waals surface area contributed by atoms with Crippen molar-refractivity contribution in [3.63, 3.8) is 0 Å². The van der Waals surface area contributed by atoms with E-state index in [1.165, 1.54) is 10.4 Å². The van der Waals surface area contributed by atoms with E-state index in [2.05, 4.69) is 15.9 Å². The second-order valence-electron chi connectivity index (χ2n) is 3.18. The first-order valence-corrected chi connectivity index (χ1v) is 8.31. The molecule has 0 N–H and O–H groups in total. The molecule has 0 saturated carbocycles. The zero-order valence-electron chi connectivity index (χ0n) is 9.03. The third kappa shape index (κ3) is 2.98. The van der Waals surface area contributed by atoms with Gasteiger partial charge in [0.15, 0.2) is 0 Å². The van der Waals surface area contributed by atoms with Gasteiger partial charge in [0, 0.05) is 13.1 Å². The van der Waals surface area contributed by atoms with Crippen LogP contribution >= 0.6 is 38.9 Å². The Morgan fingerprint density at radius 3 is 2.50 bits per heavy atom. The van der Waals surface area contributed by atoms with Gasteiger partial charge in [0.05, 0.1) is 8.81 Å². The number of nitrogens with zero attached hydrogens (tertiary/aromatic N) is 1. The lowest BCUT2D eigenvalue weighted by Crippen LogP contribution is -2.31. The summed E-state index contributed by atoms with van der Waals surface area (Å²) in [5.41, 5.74) is 0. The van der Waals surface area contributed by atoms with Crippen molar-refractivity contribution in [1.82, 2.24) is 4.31 Å². The van der Waals surface area contributed by atoms with Crippen molar-refractivity contribution in [1.29, 1.82) is 0 Å². The summed E-state index contributed by atoms with van der Waals surface area (Å²) in [7, 11) is -3.38. The van der Waals surface area contributed by atoms with Crippen LogP contribution in [0.1, 0.15) is 20.3 Å². The lowest BCUT2D eigenvalue weighted by atomic mass is 10.5. The topological polar surface area (TPSA) is 37.4 Å². The molecule has 0 aromatic carbocycles. The normalized spacial score (nSPS) is 12.3. The predicted octanol–water partition coefficient (Wildman–Crippen LogP) is 3.58. The molecule has 0 aliphatic rings. The van der Waals surface area contributed by atoms with Crippen LogP contribution < -0.4 is 0 Å². The summed E-state index contributed by atoms with van der Waals surface area (Å²) in [5.74, 6) is 0. The first kappa shape index (κ1) is 14.4. The van der Waals surface area contributed by atoms with Crippen LogP contribution in [0, 0.1) is 0 Å². The van der Waals surface area contributed by atoms with E-state index in [-0.39, 0.29) is 0 Å². The predicted molar refractivity (Wildman–Crippen MR) is 71.8 cm³/mol. The minimum absolute atomic E-state index is 0.291. The quantitative estimate of drug-likeness (QED) is 0.817. The number of thiophene rings is 1. The van der Waals surface area contributed by atoms with Gasteiger partial charge in [-0.25, -0.2) is 8.42 Å². The molecule has 1 aromatic heterocycles. The van der Waals surface area contributed by atoms with Crippen LogP contribution in [0.2, 0.25) is 5.02 Å². The number of halogens is 2. The van der Waals surface area contributed by atoms with Crippen LogP contribution in [0.3, 0.4) is 0 Å². The molecule has 0 atom stereocenters. The molecular formula is C9H13BrClNO2S2. The number of rotatable bonds is 5. The van der Waals surface area contributed by atoms with Crippen LogP contribution in [0.15, 0.2) is 14.1 Å². The highest BCUT2D eigenvalue weighted by Crippen LogP contribution is 2.35. The largest absolute Gasteiger partial charge is 0.252 e. The molecule has 7 heteroatoms. The first-order valence-electron chi connectivity index (χ1n) is 4.88. The van der Waals surface area contributed by atoms with Crippen LogP contribution in [-0.4, -0.2) is 25.8 Å². The van der Waals surface area contributed by atoms with E-state index in [4.69, 9.17) is 11.6 Å². The molecule has 1 aromatic rings. The lowest BCUT2D eigenvalue weighted by Gasteiger charge is -2.18. The maximum absolute atomic E-state index is 12.2. The Kier molecular flexibility index (Phi) is 5.25. The SMILES string of the molecule is CCCN(CC)S(=O)(=O)c1cc(Cl)c(Br)s1. The molecule has 92 valence electrons. The van der Waals surface area contributed by atoms with E-state index in [0.717, 1.165) is 17.8 Å². The van der Waals surface area contributed by atoms with Gasteiger partial charge in [0.2, 0.25) is 0 Å². The van der Waals surface area contributed by atoms with E-state index in [1.807, 2.05) is 13.8 Å². The van der Waals surface area contributed by atoms with Crippen LogP contribution in [0.4, 0.5) is 0 Å². The monoisotopic (exact) mass is 345 g/mol. The van der Waals surface area contributed by atoms with Gasteiger partial charge in [-0.1, -0.05) is 25.4 Å². The molecule has 0 radical (unpaired) electrons. The third-order valence-corrected chi connectivity index (χ3v) is 6.94. The zero-order chi connectivity index (χ0) is 12.3. The van der Waals surface area contributed by atoms with Crippen molar-refractivity contribution in [2.45, 2.75) is 24.5 Å². The summed E-state index contributed by atoms with van der Waals surface area (Å²) in [6, 6.07) is 1.49. The highest BCUT2D eigenvalue weighted by molar-refractivity contribution is 9.11. The van der Waals surface area contributed by atoms with Crippen LogP contribution in [-0.2, 0) is 10.0 Å². The molecule has 0 saturated heterocycles. The minimum atomic E-state index is -3.38. The van der Waals surface area contributed by atoms with Crippen LogP contribution in [0.5, 0.6) is 0 Å². The Balaban J connectivity index is 3.09. The van der Waals surface area contributed by atoms with Gasteiger partial charge in [-0.3, -0.25) is 0 Å². The van der Waals surface area contributed by atoms with Crippen molar-refractivity contribution in [2.24, 2.45) is 0 Å². The number of hydrogen-bond donors (Lipinski definition) is 0. The van der Waals surface area contributed by atoms with Gasteiger partial charge >= 0.3 is 0 Å². The van der Waals surface area contributed by atoms with Crippen LogP contribution in [0.25, 0.3) is 0 Å². The van der Waals surface area contributed by atoms with Crippen molar-refractivity contribution in [3.8, 4) is 0 Å². The fourth-order valence-electron chi connectivity index (χ4n) is 1.28. The Hall–Kier alpha value is 0.380. The van der Waals surface area contributed by atoms with Crippen molar-refractivity contribution in [2.75, 3.05) is 13.1 Å². The highest BCUT2D eigenvalue weighted by atomic mass is 79.9. The molecule has 1 heterocycles. The van der Waals surface area contributed by atoms with E-state index in [0.29, 0.717) is 26.1 Å². The van der Waals surface area contributed by atoms with Gasteiger partial charge < -0.3 is 0 Å². The van der Waals surface area contributed by atoms with Crippen molar-refractivity contribution in [3.05, 3.63) is 14.9 Å². The standard InChI is InChI=1S/C9H13BrClNO2S2/c1-3-5-12(4-2)16(13,14)8-6-7(11)9(10)15-8/h6H,3-5H2,1-2H3. The van der Waals surface area contributed by atoms with Crippen molar-refractivity contribution >= 4 is 48.9 Å². The maximum Gasteiger partial charge on any atom is 0.252 e. The Bertz CT molecular complexity index is 439. The summed E-state index contributed by atoms with van der Waals surface area (Å²) in [5, 5.41) is 0.441. The Morgan fingerprint density at radius 2 is 2.12 bits per heavy atom. The number of hydrogen-bond acceptors (Lipinski definition) is 3. The van der Waals surface area contributed by atoms with E-state index >= 15 is 0 Å². The average molecular weight is 347 g/mol. The molecule has 16 heavy (non-hydrogen) atoms. The molecule has 3 nitrogen and oxygen atoms in total. The van der Waals surface area contributed by atoms with Crippen molar-refractivity contribution < 1.29 is 8.42 Å².